The molecule has 0 aromatic heterocycles. The molecule has 0 amide bonds. The quantitative estimate of drug-likeness (QED) is 0.452. The van der Waals surface area contributed by atoms with Crippen molar-refractivity contribution in [2.75, 3.05) is 12.7 Å². The predicted molar refractivity (Wildman–Crippen MR) is 84.2 cm³/mol. The lowest BCUT2D eigenvalue weighted by Crippen LogP contribution is -2.43. The topological polar surface area (TPSA) is 93.5 Å². The van der Waals surface area contributed by atoms with Crippen LogP contribution in [-0.4, -0.2) is 24.5 Å². The first-order chi connectivity index (χ1) is 10.0. The average molecular weight is 313 g/mol. The van der Waals surface area contributed by atoms with E-state index in [-0.39, 0.29) is 5.78 Å². The Morgan fingerprint density at radius 2 is 2.05 bits per heavy atom. The molecule has 21 heavy (non-hydrogen) atoms. The minimum Gasteiger partial charge on any atom is -0.432 e. The Labute approximate surface area is 125 Å². The minimum atomic E-state index is -3.16. The van der Waals surface area contributed by atoms with Gasteiger partial charge in [-0.15, -0.1) is 0 Å². The Balaban J connectivity index is 2.69. The molecule has 1 unspecified atom stereocenters. The molecule has 0 radical (unpaired) electrons. The van der Waals surface area contributed by atoms with Crippen LogP contribution in [0.4, 0.5) is 0 Å². The van der Waals surface area contributed by atoms with E-state index in [1.807, 2.05) is 6.07 Å². The molecular formula is C14H24N3O3P. The van der Waals surface area contributed by atoms with Crippen molar-refractivity contribution in [1.82, 2.24) is 10.6 Å². The van der Waals surface area contributed by atoms with E-state index in [9.17, 15) is 9.36 Å². The van der Waals surface area contributed by atoms with E-state index in [0.29, 0.717) is 31.3 Å². The van der Waals surface area contributed by atoms with Crippen LogP contribution >= 0.6 is 7.52 Å². The zero-order chi connectivity index (χ0) is 15.7. The van der Waals surface area contributed by atoms with Gasteiger partial charge in [-0.1, -0.05) is 25.1 Å². The van der Waals surface area contributed by atoms with Gasteiger partial charge in [-0.2, -0.15) is 5.20 Å². The predicted octanol–water partition coefficient (Wildman–Crippen LogP) is 2.07. The van der Waals surface area contributed by atoms with Crippen LogP contribution in [0.25, 0.3) is 0 Å². The van der Waals surface area contributed by atoms with Gasteiger partial charge in [-0.3, -0.25) is 9.36 Å². The lowest BCUT2D eigenvalue weighted by molar-refractivity contribution is -0.120. The second-order valence-corrected chi connectivity index (χ2v) is 6.94. The third-order valence-corrected chi connectivity index (χ3v) is 4.82. The maximum absolute atomic E-state index is 12.8. The van der Waals surface area contributed by atoms with E-state index in [1.54, 1.807) is 38.1 Å². The first-order valence-corrected chi connectivity index (χ1v) is 8.91. The molecule has 7 heteroatoms. The summed E-state index contributed by atoms with van der Waals surface area (Å²) in [5.74, 6) is 0.550. The number of carbonyl (C=O) groups is 1. The van der Waals surface area contributed by atoms with Crippen molar-refractivity contribution in [2.24, 2.45) is 5.73 Å². The largest absolute Gasteiger partial charge is 0.432 e. The SMILES string of the molecule is CCC(=O)[C@@H](C)NNP(=O)(CCCN)Oc1ccccc1. The number of ketones is 1. The highest BCUT2D eigenvalue weighted by atomic mass is 31.2. The average Bonchev–Trinajstić information content (AvgIpc) is 2.51. The second-order valence-electron chi connectivity index (χ2n) is 4.74. The highest BCUT2D eigenvalue weighted by Crippen LogP contribution is 2.42. The third-order valence-electron chi connectivity index (χ3n) is 2.94. The lowest BCUT2D eigenvalue weighted by atomic mass is 10.2. The van der Waals surface area contributed by atoms with Crippen molar-refractivity contribution in [3.8, 4) is 5.75 Å². The van der Waals surface area contributed by atoms with E-state index in [0.717, 1.165) is 0 Å². The van der Waals surface area contributed by atoms with Crippen LogP contribution in [0.5, 0.6) is 5.75 Å². The summed E-state index contributed by atoms with van der Waals surface area (Å²) in [6.07, 6.45) is 1.27. The zero-order valence-corrected chi connectivity index (χ0v) is 13.4. The van der Waals surface area contributed by atoms with E-state index in [4.69, 9.17) is 10.3 Å². The Kier molecular flexibility index (Phi) is 7.61. The molecule has 118 valence electrons. The molecule has 0 bridgehead atoms. The number of Topliss-reactive ketones (excluding diaryl/α,β-unsaturated/α-hetero) is 1. The van der Waals surface area contributed by atoms with Crippen LogP contribution in [-0.2, 0) is 9.36 Å². The van der Waals surface area contributed by atoms with Gasteiger partial charge in [0.15, 0.2) is 5.78 Å². The molecule has 1 aromatic carbocycles. The van der Waals surface area contributed by atoms with Crippen molar-refractivity contribution in [2.45, 2.75) is 32.7 Å². The summed E-state index contributed by atoms with van der Waals surface area (Å²) in [6, 6.07) is 8.50. The molecule has 0 heterocycles. The molecule has 6 nitrogen and oxygen atoms in total. The number of hydrogen-bond donors (Lipinski definition) is 3. The number of para-hydroxylation sites is 1. The van der Waals surface area contributed by atoms with Crippen molar-refractivity contribution in [3.63, 3.8) is 0 Å². The third kappa shape index (κ3) is 6.40. The maximum Gasteiger partial charge on any atom is 0.329 e. The fourth-order valence-corrected chi connectivity index (χ4v) is 3.36. The van der Waals surface area contributed by atoms with Gasteiger partial charge in [0, 0.05) is 6.42 Å². The van der Waals surface area contributed by atoms with Crippen LogP contribution in [0.15, 0.2) is 30.3 Å². The van der Waals surface area contributed by atoms with Crippen molar-refractivity contribution >= 4 is 13.3 Å². The minimum absolute atomic E-state index is 0.0348. The highest BCUT2D eigenvalue weighted by molar-refractivity contribution is 7.57. The summed E-state index contributed by atoms with van der Waals surface area (Å²) in [6.45, 7) is 3.93. The van der Waals surface area contributed by atoms with Gasteiger partial charge in [0.1, 0.15) is 5.75 Å². The van der Waals surface area contributed by atoms with Gasteiger partial charge < -0.3 is 10.3 Å². The fraction of sp³-hybridized carbons (Fsp3) is 0.500. The van der Waals surface area contributed by atoms with Crippen LogP contribution in [0, 0.1) is 0 Å². The zero-order valence-electron chi connectivity index (χ0n) is 12.5. The smallest absolute Gasteiger partial charge is 0.329 e. The molecule has 4 N–H and O–H groups in total. The molecule has 0 aliphatic heterocycles. The Morgan fingerprint density at radius 1 is 1.38 bits per heavy atom. The van der Waals surface area contributed by atoms with E-state index in [1.165, 1.54) is 0 Å². The number of hydrogen-bond acceptors (Lipinski definition) is 5. The van der Waals surface area contributed by atoms with Crippen LogP contribution < -0.4 is 20.9 Å². The first kappa shape index (κ1) is 17.9. The van der Waals surface area contributed by atoms with Crippen molar-refractivity contribution in [3.05, 3.63) is 30.3 Å². The number of nitrogens with one attached hydrogen (secondary N) is 2. The van der Waals surface area contributed by atoms with Crippen molar-refractivity contribution < 1.29 is 13.9 Å². The molecule has 0 spiro atoms. The molecule has 0 aliphatic rings. The Bertz CT molecular complexity index is 482. The molecule has 2 atom stereocenters. The van der Waals surface area contributed by atoms with Crippen LogP contribution in [0.3, 0.4) is 0 Å². The summed E-state index contributed by atoms with van der Waals surface area (Å²) in [5.41, 5.74) is 8.25. The monoisotopic (exact) mass is 313 g/mol. The van der Waals surface area contributed by atoms with E-state index >= 15 is 0 Å². The van der Waals surface area contributed by atoms with Crippen LogP contribution in [0.2, 0.25) is 0 Å². The summed E-state index contributed by atoms with van der Waals surface area (Å²) in [7, 11) is -3.16. The van der Waals surface area contributed by atoms with Gasteiger partial charge in [0.25, 0.3) is 0 Å². The normalized spacial score (nSPS) is 15.2. The first-order valence-electron chi connectivity index (χ1n) is 7.10. The summed E-state index contributed by atoms with van der Waals surface area (Å²) in [5, 5.41) is 2.70. The van der Waals surface area contributed by atoms with Gasteiger partial charge in [-0.25, -0.2) is 5.43 Å². The van der Waals surface area contributed by atoms with Gasteiger partial charge in [-0.05, 0) is 32.0 Å². The summed E-state index contributed by atoms with van der Waals surface area (Å²) in [4.78, 5) is 11.5. The number of benzene rings is 1. The standard InChI is InChI=1S/C14H24N3O3P/c1-3-14(18)12(2)16-17-21(19,11-7-10-15)20-13-8-5-4-6-9-13/h4-6,8-9,12,16H,3,7,10-11,15H2,1-2H3,(H,17,19)/t12-,21?/m1/s1. The van der Waals surface area contributed by atoms with Gasteiger partial charge in [0.2, 0.25) is 0 Å². The van der Waals surface area contributed by atoms with Crippen LogP contribution in [0.1, 0.15) is 26.7 Å². The van der Waals surface area contributed by atoms with E-state index < -0.39 is 13.6 Å². The molecule has 1 rings (SSSR count). The number of rotatable bonds is 10. The second kappa shape index (κ2) is 8.95. The number of carbonyl (C=O) groups excluding carboxylic acids is 1. The highest BCUT2D eigenvalue weighted by Gasteiger charge is 2.25. The number of nitrogens with two attached hydrogens (primary N) is 1. The maximum atomic E-state index is 12.8. The van der Waals surface area contributed by atoms with Crippen molar-refractivity contribution in [1.29, 1.82) is 0 Å². The summed E-state index contributed by atoms with van der Waals surface area (Å²) < 4.78 is 18.4. The van der Waals surface area contributed by atoms with Gasteiger partial charge in [0.05, 0.1) is 12.2 Å². The summed E-state index contributed by atoms with van der Waals surface area (Å²) >= 11 is 0. The fourth-order valence-electron chi connectivity index (χ4n) is 1.66. The molecule has 0 saturated carbocycles. The number of hydrazine groups is 1. The Hall–Kier alpha value is -1.20. The lowest BCUT2D eigenvalue weighted by Gasteiger charge is -2.22. The molecule has 0 saturated heterocycles. The molecule has 1 aromatic rings. The molecule has 0 aliphatic carbocycles. The van der Waals surface area contributed by atoms with Gasteiger partial charge >= 0.3 is 7.52 Å². The van der Waals surface area contributed by atoms with E-state index in [2.05, 4.69) is 10.6 Å². The molecular weight excluding hydrogens is 289 g/mol. The Morgan fingerprint density at radius 3 is 2.62 bits per heavy atom. The molecule has 0 fully saturated rings.